The summed E-state index contributed by atoms with van der Waals surface area (Å²) in [6.45, 7) is 8.20. The predicted molar refractivity (Wildman–Crippen MR) is 107 cm³/mol. The number of nitrogens with zero attached hydrogens (tertiary/aromatic N) is 1. The van der Waals surface area contributed by atoms with Crippen molar-refractivity contribution in [2.75, 3.05) is 5.73 Å². The Morgan fingerprint density at radius 2 is 1.76 bits per heavy atom. The van der Waals surface area contributed by atoms with Gasteiger partial charge in [-0.2, -0.15) is 0 Å². The van der Waals surface area contributed by atoms with E-state index in [-0.39, 0.29) is 5.41 Å². The van der Waals surface area contributed by atoms with Gasteiger partial charge in [0.1, 0.15) is 0 Å². The smallest absolute Gasteiger partial charge is 0.234 e. The maximum Gasteiger partial charge on any atom is 0.234 e. The highest BCUT2D eigenvalue weighted by atomic mass is 33.1. The first kappa shape index (κ1) is 18.2. The van der Waals surface area contributed by atoms with Crippen LogP contribution >= 0.6 is 22.1 Å². The highest BCUT2D eigenvalue weighted by Crippen LogP contribution is 2.41. The van der Waals surface area contributed by atoms with E-state index in [1.807, 2.05) is 19.1 Å². The largest absolute Gasteiger partial charge is 0.375 e. The van der Waals surface area contributed by atoms with Gasteiger partial charge in [0, 0.05) is 15.7 Å². The molecular weight excluding hydrogens is 372 g/mol. The number of benzene rings is 2. The van der Waals surface area contributed by atoms with Crippen LogP contribution in [0.15, 0.2) is 46.2 Å². The molecule has 132 valence electrons. The van der Waals surface area contributed by atoms with Crippen molar-refractivity contribution in [2.24, 2.45) is 0 Å². The van der Waals surface area contributed by atoms with Crippen LogP contribution in [0.3, 0.4) is 0 Å². The van der Waals surface area contributed by atoms with E-state index in [1.54, 1.807) is 24.3 Å². The Kier molecular flexibility index (Phi) is 4.59. The number of anilines is 1. The van der Waals surface area contributed by atoms with Gasteiger partial charge in [-0.05, 0) is 42.2 Å². The number of thiazole rings is 1. The second kappa shape index (κ2) is 6.30. The van der Waals surface area contributed by atoms with Gasteiger partial charge in [0.2, 0.25) is 8.87 Å². The van der Waals surface area contributed by atoms with E-state index in [4.69, 9.17) is 5.73 Å². The summed E-state index contributed by atoms with van der Waals surface area (Å²) < 4.78 is 26.5. The van der Waals surface area contributed by atoms with Gasteiger partial charge in [-0.15, -0.1) is 0 Å². The average molecular weight is 393 g/mol. The predicted octanol–water partition coefficient (Wildman–Crippen LogP) is 4.97. The van der Waals surface area contributed by atoms with E-state index < -0.39 is 8.87 Å². The summed E-state index contributed by atoms with van der Waals surface area (Å²) in [5.74, 6) is 0. The number of nitrogen functional groups attached to an aromatic ring is 1. The maximum atomic E-state index is 12.8. The standard InChI is InChI=1S/C18H20N2O2S3/c1-11-5-7-13(8-6-11)25(21,22)24-15-10-12(18(2,3)4)9-14-16(15)23-17(19)20-14/h5-10H,1-4H3,(H2,19,20). The van der Waals surface area contributed by atoms with Crippen LogP contribution in [0.1, 0.15) is 31.9 Å². The lowest BCUT2D eigenvalue weighted by atomic mass is 9.87. The Morgan fingerprint density at radius 1 is 1.12 bits per heavy atom. The number of hydrogen-bond donors (Lipinski definition) is 1. The fraction of sp³-hybridized carbons (Fsp3) is 0.278. The molecule has 0 aliphatic rings. The van der Waals surface area contributed by atoms with Gasteiger partial charge in [0.15, 0.2) is 5.13 Å². The van der Waals surface area contributed by atoms with Crippen LogP contribution in [0.2, 0.25) is 0 Å². The van der Waals surface area contributed by atoms with Crippen molar-refractivity contribution >= 4 is 46.3 Å². The molecule has 0 aliphatic heterocycles. The molecule has 0 spiro atoms. The molecule has 0 saturated heterocycles. The fourth-order valence-electron chi connectivity index (χ4n) is 2.39. The van der Waals surface area contributed by atoms with Crippen LogP contribution in [0.5, 0.6) is 0 Å². The van der Waals surface area contributed by atoms with Gasteiger partial charge in [0.05, 0.1) is 15.1 Å². The van der Waals surface area contributed by atoms with E-state index in [2.05, 4.69) is 25.8 Å². The molecule has 0 fully saturated rings. The lowest BCUT2D eigenvalue weighted by Gasteiger charge is -2.20. The van der Waals surface area contributed by atoms with Crippen LogP contribution in [0.4, 0.5) is 5.13 Å². The minimum Gasteiger partial charge on any atom is -0.375 e. The first-order chi connectivity index (χ1) is 11.6. The fourth-order valence-corrected chi connectivity index (χ4v) is 6.40. The lowest BCUT2D eigenvalue weighted by Crippen LogP contribution is -2.11. The molecule has 1 aromatic heterocycles. The number of nitrogens with two attached hydrogens (primary N) is 1. The molecule has 2 N–H and O–H groups in total. The molecule has 1 heterocycles. The third-order valence-electron chi connectivity index (χ3n) is 3.85. The molecule has 0 radical (unpaired) electrons. The first-order valence-corrected chi connectivity index (χ1v) is 11.4. The van der Waals surface area contributed by atoms with Gasteiger partial charge >= 0.3 is 0 Å². The van der Waals surface area contributed by atoms with Crippen molar-refractivity contribution in [3.8, 4) is 0 Å². The summed E-state index contributed by atoms with van der Waals surface area (Å²) in [5.41, 5.74) is 8.55. The van der Waals surface area contributed by atoms with Crippen molar-refractivity contribution in [1.82, 2.24) is 4.98 Å². The Balaban J connectivity index is 2.12. The Labute approximate surface area is 155 Å². The summed E-state index contributed by atoms with van der Waals surface area (Å²) in [7, 11) is -2.65. The van der Waals surface area contributed by atoms with E-state index in [0.717, 1.165) is 32.1 Å². The first-order valence-electron chi connectivity index (χ1n) is 7.78. The van der Waals surface area contributed by atoms with Crippen molar-refractivity contribution in [2.45, 2.75) is 42.9 Å². The molecule has 3 rings (SSSR count). The van der Waals surface area contributed by atoms with Crippen LogP contribution in [0.25, 0.3) is 10.2 Å². The van der Waals surface area contributed by atoms with E-state index in [0.29, 0.717) is 14.9 Å². The summed E-state index contributed by atoms with van der Waals surface area (Å²) in [4.78, 5) is 5.33. The topological polar surface area (TPSA) is 73.0 Å². The van der Waals surface area contributed by atoms with Gasteiger partial charge in [-0.25, -0.2) is 13.4 Å². The number of rotatable bonds is 3. The Hall–Kier alpha value is -1.57. The molecule has 25 heavy (non-hydrogen) atoms. The third kappa shape index (κ3) is 3.83. The van der Waals surface area contributed by atoms with Crippen molar-refractivity contribution in [1.29, 1.82) is 0 Å². The van der Waals surface area contributed by atoms with Gasteiger partial charge in [-0.1, -0.05) is 49.8 Å². The Bertz CT molecular complexity index is 1030. The average Bonchev–Trinajstić information content (AvgIpc) is 2.87. The monoisotopic (exact) mass is 392 g/mol. The zero-order valence-corrected chi connectivity index (χ0v) is 17.0. The minimum atomic E-state index is -3.52. The number of fused-ring (bicyclic) bond motifs is 1. The second-order valence-electron chi connectivity index (χ2n) is 6.98. The number of aryl methyl sites for hydroxylation is 1. The summed E-state index contributed by atoms with van der Waals surface area (Å²) in [6.07, 6.45) is 0. The maximum absolute atomic E-state index is 12.8. The molecule has 7 heteroatoms. The van der Waals surface area contributed by atoms with Crippen molar-refractivity contribution in [3.63, 3.8) is 0 Å². The third-order valence-corrected chi connectivity index (χ3v) is 8.26. The molecule has 0 unspecified atom stereocenters. The molecular formula is C18H20N2O2S3. The van der Waals surface area contributed by atoms with Gasteiger partial charge in [0.25, 0.3) is 0 Å². The van der Waals surface area contributed by atoms with Crippen LogP contribution < -0.4 is 5.73 Å². The quantitative estimate of drug-likeness (QED) is 0.637. The number of aromatic nitrogens is 1. The lowest BCUT2D eigenvalue weighted by molar-refractivity contribution is 0.589. The van der Waals surface area contributed by atoms with E-state index >= 15 is 0 Å². The molecule has 0 amide bonds. The van der Waals surface area contributed by atoms with E-state index in [1.165, 1.54) is 11.3 Å². The minimum absolute atomic E-state index is 0.116. The highest BCUT2D eigenvalue weighted by Gasteiger charge is 2.23. The summed E-state index contributed by atoms with van der Waals surface area (Å²) in [6, 6.07) is 10.8. The van der Waals surface area contributed by atoms with Crippen LogP contribution in [-0.2, 0) is 14.3 Å². The van der Waals surface area contributed by atoms with Crippen molar-refractivity contribution < 1.29 is 8.42 Å². The molecule has 0 atom stereocenters. The zero-order valence-electron chi connectivity index (χ0n) is 14.5. The highest BCUT2D eigenvalue weighted by molar-refractivity contribution is 8.72. The van der Waals surface area contributed by atoms with Crippen LogP contribution in [0, 0.1) is 6.92 Å². The second-order valence-corrected chi connectivity index (χ2v) is 11.8. The summed E-state index contributed by atoms with van der Waals surface area (Å²) >= 11 is 1.32. The van der Waals surface area contributed by atoms with Gasteiger partial charge in [-0.3, -0.25) is 0 Å². The molecule has 4 nitrogen and oxygen atoms in total. The molecule has 2 aromatic carbocycles. The summed E-state index contributed by atoms with van der Waals surface area (Å²) in [5, 5.41) is 0.440. The number of hydrogen-bond acceptors (Lipinski definition) is 6. The van der Waals surface area contributed by atoms with Gasteiger partial charge < -0.3 is 5.73 Å². The zero-order chi connectivity index (χ0) is 18.4. The molecule has 3 aromatic rings. The Morgan fingerprint density at radius 3 is 2.36 bits per heavy atom. The van der Waals surface area contributed by atoms with Crippen LogP contribution in [-0.4, -0.2) is 13.4 Å². The molecule has 0 aliphatic carbocycles. The van der Waals surface area contributed by atoms with E-state index in [9.17, 15) is 8.42 Å². The molecule has 0 bridgehead atoms. The van der Waals surface area contributed by atoms with Crippen molar-refractivity contribution in [3.05, 3.63) is 47.5 Å². The SMILES string of the molecule is Cc1ccc(S(=O)(=O)Sc2cc(C(C)(C)C)cc3nc(N)sc23)cc1. The normalized spacial score (nSPS) is 12.6. The molecule has 0 saturated carbocycles.